The molecule has 7 nitrogen and oxygen atoms in total. The highest BCUT2D eigenvalue weighted by atomic mass is 32.2. The lowest BCUT2D eigenvalue weighted by molar-refractivity contribution is -0.137. The fourth-order valence-electron chi connectivity index (χ4n) is 2.98. The van der Waals surface area contributed by atoms with Crippen LogP contribution in [0.4, 0.5) is 18.9 Å². The molecule has 4 rings (SSSR count). The van der Waals surface area contributed by atoms with Crippen LogP contribution in [0, 0.1) is 0 Å². The van der Waals surface area contributed by atoms with Crippen molar-refractivity contribution in [3.05, 3.63) is 69.6 Å². The molecule has 0 spiro atoms. The second-order valence-electron chi connectivity index (χ2n) is 6.79. The summed E-state index contributed by atoms with van der Waals surface area (Å²) in [5.74, 6) is 0.162. The van der Waals surface area contributed by atoms with Crippen LogP contribution in [0.5, 0.6) is 0 Å². The lowest BCUT2D eigenvalue weighted by atomic mass is 10.2. The molecule has 0 unspecified atom stereocenters. The van der Waals surface area contributed by atoms with Gasteiger partial charge in [-0.2, -0.15) is 13.2 Å². The van der Waals surface area contributed by atoms with Gasteiger partial charge in [-0.05, 0) is 36.4 Å². The van der Waals surface area contributed by atoms with Crippen LogP contribution >= 0.6 is 23.1 Å². The monoisotopic (exact) mass is 479 g/mol. The number of rotatable bonds is 6. The molecule has 0 atom stereocenters. The quantitative estimate of drug-likeness (QED) is 0.423. The second kappa shape index (κ2) is 8.79. The molecule has 4 aromatic rings. The predicted molar refractivity (Wildman–Crippen MR) is 117 cm³/mol. The number of nitrogens with one attached hydrogen (secondary N) is 1. The van der Waals surface area contributed by atoms with Crippen LogP contribution in [0.2, 0.25) is 0 Å². The molecular formula is C20H16F3N5O2S2. The first kappa shape index (κ1) is 22.1. The van der Waals surface area contributed by atoms with Crippen molar-refractivity contribution >= 4 is 44.9 Å². The number of carbonyl (C=O) groups is 1. The molecule has 12 heteroatoms. The van der Waals surface area contributed by atoms with Gasteiger partial charge in [0.2, 0.25) is 5.91 Å². The summed E-state index contributed by atoms with van der Waals surface area (Å²) in [7, 11) is 1.74. The van der Waals surface area contributed by atoms with E-state index in [4.69, 9.17) is 0 Å². The second-order valence-corrected chi connectivity index (χ2v) is 8.73. The number of para-hydroxylation sites is 1. The van der Waals surface area contributed by atoms with Gasteiger partial charge in [0.25, 0.3) is 0 Å². The van der Waals surface area contributed by atoms with Gasteiger partial charge < -0.3 is 9.88 Å². The molecule has 32 heavy (non-hydrogen) atoms. The third kappa shape index (κ3) is 4.70. The number of halogens is 3. The standard InChI is InChI=1S/C20H16F3N5O2S2/c1-27-16(10-28-14-4-2-3-5-15(14)32-19(28)30)25-26-18(27)31-11-17(29)24-13-8-6-12(7-9-13)20(21,22)23/h2-9H,10-11H2,1H3,(H,24,29). The fraction of sp³-hybridized carbons (Fsp3) is 0.200. The van der Waals surface area contributed by atoms with E-state index >= 15 is 0 Å². The number of fused-ring (bicyclic) bond motifs is 1. The van der Waals surface area contributed by atoms with Gasteiger partial charge in [-0.25, -0.2) is 0 Å². The lowest BCUT2D eigenvalue weighted by Gasteiger charge is -2.09. The zero-order chi connectivity index (χ0) is 22.9. The van der Waals surface area contributed by atoms with Crippen molar-refractivity contribution < 1.29 is 18.0 Å². The molecule has 0 aliphatic heterocycles. The Morgan fingerprint density at radius 3 is 2.56 bits per heavy atom. The molecular weight excluding hydrogens is 463 g/mol. The number of thioether (sulfide) groups is 1. The topological polar surface area (TPSA) is 81.8 Å². The van der Waals surface area contributed by atoms with E-state index in [1.54, 1.807) is 16.2 Å². The average Bonchev–Trinajstić information content (AvgIpc) is 3.26. The van der Waals surface area contributed by atoms with E-state index in [1.807, 2.05) is 24.3 Å². The largest absolute Gasteiger partial charge is 0.416 e. The van der Waals surface area contributed by atoms with Gasteiger partial charge in [0.15, 0.2) is 11.0 Å². The van der Waals surface area contributed by atoms with Crippen molar-refractivity contribution in [2.24, 2.45) is 7.05 Å². The van der Waals surface area contributed by atoms with Crippen molar-refractivity contribution in [2.75, 3.05) is 11.1 Å². The molecule has 0 bridgehead atoms. The molecule has 0 saturated heterocycles. The highest BCUT2D eigenvalue weighted by Gasteiger charge is 2.30. The van der Waals surface area contributed by atoms with Crippen LogP contribution in [-0.4, -0.2) is 31.0 Å². The number of aromatic nitrogens is 4. The first-order valence-electron chi connectivity index (χ1n) is 9.29. The summed E-state index contributed by atoms with van der Waals surface area (Å²) in [5.41, 5.74) is 0.301. The highest BCUT2D eigenvalue weighted by molar-refractivity contribution is 7.99. The number of hydrogen-bond acceptors (Lipinski definition) is 6. The van der Waals surface area contributed by atoms with Crippen molar-refractivity contribution in [1.82, 2.24) is 19.3 Å². The van der Waals surface area contributed by atoms with Crippen molar-refractivity contribution in [1.29, 1.82) is 0 Å². The summed E-state index contributed by atoms with van der Waals surface area (Å²) < 4.78 is 42.1. The summed E-state index contributed by atoms with van der Waals surface area (Å²) in [6, 6.07) is 11.7. The van der Waals surface area contributed by atoms with Crippen LogP contribution in [0.1, 0.15) is 11.4 Å². The highest BCUT2D eigenvalue weighted by Crippen LogP contribution is 2.30. The van der Waals surface area contributed by atoms with E-state index in [0.717, 1.165) is 45.4 Å². The number of alkyl halides is 3. The Labute approximate surface area is 187 Å². The molecule has 0 fully saturated rings. The maximum absolute atomic E-state index is 12.6. The normalized spacial score (nSPS) is 11.8. The minimum Gasteiger partial charge on any atom is -0.325 e. The molecule has 0 saturated carbocycles. The predicted octanol–water partition coefficient (Wildman–Crippen LogP) is 3.99. The SMILES string of the molecule is Cn1c(Cn2c(=O)sc3ccccc32)nnc1SCC(=O)Nc1ccc(C(F)(F)F)cc1. The van der Waals surface area contributed by atoms with Crippen LogP contribution in [0.3, 0.4) is 0 Å². The molecule has 2 aromatic carbocycles. The molecule has 1 amide bonds. The van der Waals surface area contributed by atoms with Crippen LogP contribution in [0.25, 0.3) is 10.2 Å². The summed E-state index contributed by atoms with van der Waals surface area (Å²) in [5, 5.41) is 11.2. The van der Waals surface area contributed by atoms with Crippen LogP contribution < -0.4 is 10.2 Å². The minimum absolute atomic E-state index is 0.00563. The number of amides is 1. The summed E-state index contributed by atoms with van der Waals surface area (Å²) in [6.45, 7) is 0.241. The average molecular weight is 480 g/mol. The Hall–Kier alpha value is -3.12. The maximum atomic E-state index is 12.6. The third-order valence-corrected chi connectivity index (χ3v) is 6.61. The van der Waals surface area contributed by atoms with Gasteiger partial charge in [-0.1, -0.05) is 35.2 Å². The Morgan fingerprint density at radius 2 is 1.84 bits per heavy atom. The number of thiazole rings is 1. The van der Waals surface area contributed by atoms with Gasteiger partial charge >= 0.3 is 11.0 Å². The van der Waals surface area contributed by atoms with E-state index in [9.17, 15) is 22.8 Å². The molecule has 1 N–H and O–H groups in total. The number of carbonyl (C=O) groups excluding carboxylic acids is 1. The van der Waals surface area contributed by atoms with E-state index in [1.165, 1.54) is 12.1 Å². The molecule has 0 radical (unpaired) electrons. The number of anilines is 1. The molecule has 2 aromatic heterocycles. The zero-order valence-electron chi connectivity index (χ0n) is 16.6. The maximum Gasteiger partial charge on any atom is 0.416 e. The number of benzene rings is 2. The van der Waals surface area contributed by atoms with Crippen molar-refractivity contribution in [3.63, 3.8) is 0 Å². The Kier molecular flexibility index (Phi) is 6.07. The van der Waals surface area contributed by atoms with Crippen molar-refractivity contribution in [3.8, 4) is 0 Å². The first-order valence-corrected chi connectivity index (χ1v) is 11.1. The molecule has 0 aliphatic carbocycles. The smallest absolute Gasteiger partial charge is 0.325 e. The third-order valence-electron chi connectivity index (χ3n) is 4.63. The minimum atomic E-state index is -4.43. The van der Waals surface area contributed by atoms with Crippen molar-refractivity contribution in [2.45, 2.75) is 17.9 Å². The van der Waals surface area contributed by atoms with Crippen LogP contribution in [-0.2, 0) is 24.6 Å². The van der Waals surface area contributed by atoms with Crippen LogP contribution in [0.15, 0.2) is 58.5 Å². The van der Waals surface area contributed by atoms with E-state index < -0.39 is 11.7 Å². The Balaban J connectivity index is 1.39. The lowest BCUT2D eigenvalue weighted by Crippen LogP contribution is -2.17. The summed E-state index contributed by atoms with van der Waals surface area (Å²) in [6.07, 6.45) is -4.43. The van der Waals surface area contributed by atoms with Gasteiger partial charge in [-0.3, -0.25) is 14.2 Å². The fourth-order valence-corrected chi connectivity index (χ4v) is 4.60. The number of hydrogen-bond donors (Lipinski definition) is 1. The number of nitrogens with zero attached hydrogens (tertiary/aromatic N) is 4. The Bertz CT molecular complexity index is 1330. The summed E-state index contributed by atoms with van der Waals surface area (Å²) in [4.78, 5) is 24.4. The van der Waals surface area contributed by atoms with E-state index in [-0.39, 0.29) is 28.8 Å². The molecule has 166 valence electrons. The summed E-state index contributed by atoms with van der Waals surface area (Å²) >= 11 is 2.29. The van der Waals surface area contributed by atoms with Gasteiger partial charge in [-0.15, -0.1) is 10.2 Å². The van der Waals surface area contributed by atoms with E-state index in [0.29, 0.717) is 11.0 Å². The Morgan fingerprint density at radius 1 is 1.12 bits per heavy atom. The molecule has 2 heterocycles. The molecule has 0 aliphatic rings. The zero-order valence-corrected chi connectivity index (χ0v) is 18.2. The van der Waals surface area contributed by atoms with Gasteiger partial charge in [0.1, 0.15) is 0 Å². The van der Waals surface area contributed by atoms with Gasteiger partial charge in [0.05, 0.1) is 28.1 Å². The van der Waals surface area contributed by atoms with Gasteiger partial charge in [0, 0.05) is 12.7 Å². The van der Waals surface area contributed by atoms with E-state index in [2.05, 4.69) is 15.5 Å². The first-order chi connectivity index (χ1) is 15.2.